The van der Waals surface area contributed by atoms with Crippen LogP contribution in [0.4, 0.5) is 11.5 Å². The summed E-state index contributed by atoms with van der Waals surface area (Å²) in [5.41, 5.74) is 2.48. The number of aromatic nitrogens is 2. The lowest BCUT2D eigenvalue weighted by Gasteiger charge is -2.36. The molecule has 0 unspecified atom stereocenters. The first kappa shape index (κ1) is 19.3. The molecule has 1 saturated carbocycles. The highest BCUT2D eigenvalue weighted by Crippen LogP contribution is 2.33. The number of nitrogens with zero attached hydrogens (tertiary/aromatic N) is 3. The quantitative estimate of drug-likeness (QED) is 0.818. The van der Waals surface area contributed by atoms with Gasteiger partial charge in [-0.15, -0.1) is 0 Å². The molecular formula is C21H29N5O. The van der Waals surface area contributed by atoms with Gasteiger partial charge >= 0.3 is 0 Å². The van der Waals surface area contributed by atoms with Crippen LogP contribution in [0.3, 0.4) is 0 Å². The van der Waals surface area contributed by atoms with Crippen molar-refractivity contribution in [2.24, 2.45) is 0 Å². The number of anilines is 2. The van der Waals surface area contributed by atoms with Crippen LogP contribution < -0.4 is 10.6 Å². The van der Waals surface area contributed by atoms with E-state index in [0.717, 1.165) is 35.9 Å². The lowest BCUT2D eigenvalue weighted by atomic mass is 9.96. The molecule has 0 saturated heterocycles. The molecule has 1 amide bonds. The van der Waals surface area contributed by atoms with Crippen molar-refractivity contribution in [1.29, 1.82) is 0 Å². The molecule has 0 atom stereocenters. The third-order valence-electron chi connectivity index (χ3n) is 5.42. The molecule has 27 heavy (non-hydrogen) atoms. The van der Waals surface area contributed by atoms with E-state index in [9.17, 15) is 4.79 Å². The Labute approximate surface area is 161 Å². The zero-order valence-electron chi connectivity index (χ0n) is 16.7. The Balaban J connectivity index is 1.68. The minimum atomic E-state index is -0.0400. The number of amides is 1. The van der Waals surface area contributed by atoms with Crippen LogP contribution in [-0.4, -0.2) is 47.0 Å². The third kappa shape index (κ3) is 4.63. The molecule has 2 aromatic rings. The van der Waals surface area contributed by atoms with E-state index in [0.29, 0.717) is 12.1 Å². The zero-order valence-corrected chi connectivity index (χ0v) is 16.7. The second kappa shape index (κ2) is 8.05. The maximum Gasteiger partial charge on any atom is 0.251 e. The van der Waals surface area contributed by atoms with Gasteiger partial charge in [-0.2, -0.15) is 0 Å². The van der Waals surface area contributed by atoms with Crippen LogP contribution in [0.15, 0.2) is 30.3 Å². The van der Waals surface area contributed by atoms with E-state index in [1.165, 1.54) is 12.8 Å². The molecule has 6 nitrogen and oxygen atoms in total. The van der Waals surface area contributed by atoms with Gasteiger partial charge < -0.3 is 15.5 Å². The fourth-order valence-electron chi connectivity index (χ4n) is 3.83. The highest BCUT2D eigenvalue weighted by Gasteiger charge is 2.36. The second-order valence-corrected chi connectivity index (χ2v) is 7.66. The van der Waals surface area contributed by atoms with E-state index in [1.54, 1.807) is 0 Å². The molecule has 6 heteroatoms. The fraction of sp³-hybridized carbons (Fsp3) is 0.476. The monoisotopic (exact) mass is 367 g/mol. The summed E-state index contributed by atoms with van der Waals surface area (Å²) in [6.07, 6.45) is 4.72. The number of aryl methyl sites for hydroxylation is 2. The summed E-state index contributed by atoms with van der Waals surface area (Å²) in [5, 5.41) is 6.40. The molecule has 0 radical (unpaired) electrons. The number of nitrogens with one attached hydrogen (secondary N) is 2. The van der Waals surface area contributed by atoms with Gasteiger partial charge in [-0.05, 0) is 59.0 Å². The van der Waals surface area contributed by atoms with Crippen LogP contribution >= 0.6 is 0 Å². The largest absolute Gasteiger partial charge is 0.350 e. The van der Waals surface area contributed by atoms with Gasteiger partial charge in [-0.1, -0.05) is 18.9 Å². The van der Waals surface area contributed by atoms with Gasteiger partial charge in [0.05, 0.1) is 0 Å². The first-order valence-electron chi connectivity index (χ1n) is 9.53. The molecule has 0 aliphatic heterocycles. The highest BCUT2D eigenvalue weighted by molar-refractivity contribution is 5.95. The van der Waals surface area contributed by atoms with E-state index in [-0.39, 0.29) is 11.4 Å². The summed E-state index contributed by atoms with van der Waals surface area (Å²) >= 11 is 0. The Morgan fingerprint density at radius 2 is 1.89 bits per heavy atom. The Kier molecular flexibility index (Phi) is 5.75. The average Bonchev–Trinajstić information content (AvgIpc) is 3.09. The topological polar surface area (TPSA) is 70.2 Å². The van der Waals surface area contributed by atoms with Crippen molar-refractivity contribution in [3.05, 3.63) is 47.4 Å². The molecule has 1 fully saturated rings. The maximum absolute atomic E-state index is 12.7. The molecule has 1 aromatic heterocycles. The fourth-order valence-corrected chi connectivity index (χ4v) is 3.83. The molecular weight excluding hydrogens is 338 g/mol. The SMILES string of the molecule is Cc1cc(Nc2cccc(C(=O)NCC3(N(C)C)CCCC3)c2)nc(C)n1. The van der Waals surface area contributed by atoms with Gasteiger partial charge in [0.15, 0.2) is 0 Å². The lowest BCUT2D eigenvalue weighted by Crippen LogP contribution is -2.50. The molecule has 1 aliphatic rings. The van der Waals surface area contributed by atoms with Crippen LogP contribution in [0.1, 0.15) is 47.6 Å². The summed E-state index contributed by atoms with van der Waals surface area (Å²) in [4.78, 5) is 23.6. The summed E-state index contributed by atoms with van der Waals surface area (Å²) in [7, 11) is 4.21. The molecule has 0 bridgehead atoms. The molecule has 1 heterocycles. The predicted molar refractivity (Wildman–Crippen MR) is 108 cm³/mol. The van der Waals surface area contributed by atoms with Crippen LogP contribution in [-0.2, 0) is 0 Å². The molecule has 2 N–H and O–H groups in total. The predicted octanol–water partition coefficient (Wildman–Crippen LogP) is 3.44. The number of carbonyl (C=O) groups excluding carboxylic acids is 1. The summed E-state index contributed by atoms with van der Waals surface area (Å²) in [6, 6.07) is 9.41. The Morgan fingerprint density at radius 3 is 2.56 bits per heavy atom. The number of hydrogen-bond donors (Lipinski definition) is 2. The molecule has 144 valence electrons. The number of likely N-dealkylation sites (N-methyl/N-ethyl adjacent to an activating group) is 1. The minimum absolute atomic E-state index is 0.0400. The van der Waals surface area contributed by atoms with Crippen LogP contribution in [0.5, 0.6) is 0 Å². The van der Waals surface area contributed by atoms with Crippen molar-refractivity contribution in [2.45, 2.75) is 45.1 Å². The van der Waals surface area contributed by atoms with E-state index in [2.05, 4.69) is 39.6 Å². The summed E-state index contributed by atoms with van der Waals surface area (Å²) < 4.78 is 0. The highest BCUT2D eigenvalue weighted by atomic mass is 16.1. The van der Waals surface area contributed by atoms with Crippen LogP contribution in [0, 0.1) is 13.8 Å². The Bertz CT molecular complexity index is 792. The number of carbonyl (C=O) groups is 1. The minimum Gasteiger partial charge on any atom is -0.350 e. The number of rotatable bonds is 6. The number of benzene rings is 1. The third-order valence-corrected chi connectivity index (χ3v) is 5.42. The van der Waals surface area contributed by atoms with Gasteiger partial charge in [-0.3, -0.25) is 4.79 Å². The van der Waals surface area contributed by atoms with Gasteiger partial charge in [0.25, 0.3) is 5.91 Å². The number of hydrogen-bond acceptors (Lipinski definition) is 5. The molecule has 3 rings (SSSR count). The van der Waals surface area contributed by atoms with Crippen molar-refractivity contribution >= 4 is 17.4 Å². The van der Waals surface area contributed by atoms with Crippen LogP contribution in [0.2, 0.25) is 0 Å². The first-order valence-corrected chi connectivity index (χ1v) is 9.53. The zero-order chi connectivity index (χ0) is 19.4. The smallest absolute Gasteiger partial charge is 0.251 e. The van der Waals surface area contributed by atoms with Gasteiger partial charge in [-0.25, -0.2) is 9.97 Å². The van der Waals surface area contributed by atoms with E-state index in [1.807, 2.05) is 44.2 Å². The van der Waals surface area contributed by atoms with E-state index in [4.69, 9.17) is 0 Å². The van der Waals surface area contributed by atoms with Gasteiger partial charge in [0.2, 0.25) is 0 Å². The first-order chi connectivity index (χ1) is 12.9. The van der Waals surface area contributed by atoms with Crippen molar-refractivity contribution in [2.75, 3.05) is 26.0 Å². The normalized spacial score (nSPS) is 15.7. The van der Waals surface area contributed by atoms with Gasteiger partial charge in [0, 0.05) is 35.1 Å². The molecule has 1 aromatic carbocycles. The second-order valence-electron chi connectivity index (χ2n) is 7.66. The summed E-state index contributed by atoms with van der Waals surface area (Å²) in [5.74, 6) is 1.41. The van der Waals surface area contributed by atoms with Crippen molar-refractivity contribution < 1.29 is 4.79 Å². The van der Waals surface area contributed by atoms with Crippen molar-refractivity contribution in [1.82, 2.24) is 20.2 Å². The van der Waals surface area contributed by atoms with Crippen molar-refractivity contribution in [3.8, 4) is 0 Å². The van der Waals surface area contributed by atoms with Gasteiger partial charge in [0.1, 0.15) is 11.6 Å². The molecule has 1 aliphatic carbocycles. The Morgan fingerprint density at radius 1 is 1.15 bits per heavy atom. The molecule has 0 spiro atoms. The standard InChI is InChI=1S/C21H29N5O/c1-15-12-19(24-16(2)23-15)25-18-9-7-8-17(13-18)20(27)22-14-21(26(3)4)10-5-6-11-21/h7-9,12-13H,5-6,10-11,14H2,1-4H3,(H,22,27)(H,23,24,25). The van der Waals surface area contributed by atoms with Crippen LogP contribution in [0.25, 0.3) is 0 Å². The van der Waals surface area contributed by atoms with Crippen molar-refractivity contribution in [3.63, 3.8) is 0 Å². The van der Waals surface area contributed by atoms with E-state index < -0.39 is 0 Å². The van der Waals surface area contributed by atoms with E-state index >= 15 is 0 Å². The lowest BCUT2D eigenvalue weighted by molar-refractivity contribution is 0.0900. The Hall–Kier alpha value is -2.47. The maximum atomic E-state index is 12.7. The average molecular weight is 367 g/mol. The summed E-state index contributed by atoms with van der Waals surface area (Å²) in [6.45, 7) is 4.49.